The Labute approximate surface area is 135 Å². The summed E-state index contributed by atoms with van der Waals surface area (Å²) >= 11 is 0. The van der Waals surface area contributed by atoms with Gasteiger partial charge in [-0.05, 0) is 64.2 Å². The van der Waals surface area contributed by atoms with E-state index in [4.69, 9.17) is 10.5 Å². The minimum atomic E-state index is 0.548. The smallest absolute Gasteiger partial charge is 0.142 e. The Kier molecular flexibility index (Phi) is 6.13. The van der Waals surface area contributed by atoms with Gasteiger partial charge in [-0.2, -0.15) is 0 Å². The number of hydrogen-bond acceptors (Lipinski definition) is 3. The van der Waals surface area contributed by atoms with E-state index in [-0.39, 0.29) is 0 Å². The van der Waals surface area contributed by atoms with Crippen LogP contribution in [-0.2, 0) is 6.42 Å². The van der Waals surface area contributed by atoms with Gasteiger partial charge in [-0.25, -0.2) is 0 Å². The fraction of sp³-hybridized carbons (Fsp3) is 0.684. The van der Waals surface area contributed by atoms with E-state index in [0.29, 0.717) is 18.1 Å². The van der Waals surface area contributed by atoms with Crippen molar-refractivity contribution in [3.05, 3.63) is 23.8 Å². The highest BCUT2D eigenvalue weighted by atomic mass is 16.5. The van der Waals surface area contributed by atoms with Crippen LogP contribution in [0, 0.1) is 0 Å². The second-order valence-electron chi connectivity index (χ2n) is 6.85. The average molecular weight is 304 g/mol. The fourth-order valence-electron chi connectivity index (χ4n) is 3.82. The number of benzene rings is 1. The number of piperidine rings is 1. The van der Waals surface area contributed by atoms with Crippen molar-refractivity contribution in [2.45, 2.75) is 77.9 Å². The highest BCUT2D eigenvalue weighted by Crippen LogP contribution is 2.28. The number of anilines is 1. The molecule has 2 rings (SSSR count). The van der Waals surface area contributed by atoms with Crippen LogP contribution in [0.1, 0.15) is 58.9 Å². The molecule has 1 aliphatic rings. The number of nitrogen functional groups attached to an aromatic ring is 1. The lowest BCUT2D eigenvalue weighted by molar-refractivity contribution is 0.0628. The van der Waals surface area contributed by atoms with Crippen LogP contribution >= 0.6 is 0 Å². The Bertz CT molecular complexity index is 465. The summed E-state index contributed by atoms with van der Waals surface area (Å²) in [7, 11) is 0. The fourth-order valence-corrected chi connectivity index (χ4v) is 3.82. The Balaban J connectivity index is 2.01. The van der Waals surface area contributed by atoms with Crippen molar-refractivity contribution in [2.75, 3.05) is 12.3 Å². The van der Waals surface area contributed by atoms with Gasteiger partial charge in [0.2, 0.25) is 0 Å². The maximum absolute atomic E-state index is 6.13. The van der Waals surface area contributed by atoms with Crippen LogP contribution in [0.4, 0.5) is 5.69 Å². The van der Waals surface area contributed by atoms with Crippen molar-refractivity contribution in [1.82, 2.24) is 4.90 Å². The first-order valence-electron chi connectivity index (χ1n) is 8.81. The van der Waals surface area contributed by atoms with Gasteiger partial charge >= 0.3 is 0 Å². The zero-order valence-corrected chi connectivity index (χ0v) is 14.6. The standard InChI is InChI=1S/C19H32N2O/c1-5-11-22-19-10-9-17(13-18(19)20)12-16(4)21-14(2)7-6-8-15(21)3/h9-10,13-16H,5-8,11-12,20H2,1-4H3. The number of likely N-dealkylation sites (tertiary alicyclic amines) is 1. The summed E-state index contributed by atoms with van der Waals surface area (Å²) < 4.78 is 5.66. The van der Waals surface area contributed by atoms with E-state index in [2.05, 4.69) is 44.7 Å². The van der Waals surface area contributed by atoms with Crippen LogP contribution in [0.2, 0.25) is 0 Å². The summed E-state index contributed by atoms with van der Waals surface area (Å²) in [5.74, 6) is 0.818. The Morgan fingerprint density at radius 3 is 2.55 bits per heavy atom. The molecule has 1 fully saturated rings. The summed E-state index contributed by atoms with van der Waals surface area (Å²) in [5.41, 5.74) is 8.20. The largest absolute Gasteiger partial charge is 0.491 e. The third-order valence-electron chi connectivity index (χ3n) is 4.84. The van der Waals surface area contributed by atoms with E-state index < -0.39 is 0 Å². The normalized spacial score (nSPS) is 24.2. The molecule has 22 heavy (non-hydrogen) atoms. The van der Waals surface area contributed by atoms with Crippen molar-refractivity contribution in [3.63, 3.8) is 0 Å². The molecule has 0 radical (unpaired) electrons. The molecule has 3 atom stereocenters. The van der Waals surface area contributed by atoms with E-state index in [1.165, 1.54) is 24.8 Å². The van der Waals surface area contributed by atoms with Gasteiger partial charge in [0.1, 0.15) is 5.75 Å². The molecule has 0 saturated carbocycles. The van der Waals surface area contributed by atoms with Gasteiger partial charge in [0.25, 0.3) is 0 Å². The van der Waals surface area contributed by atoms with Crippen LogP contribution in [0.3, 0.4) is 0 Å². The zero-order valence-electron chi connectivity index (χ0n) is 14.6. The molecule has 0 aliphatic carbocycles. The van der Waals surface area contributed by atoms with Crippen LogP contribution in [0.5, 0.6) is 5.75 Å². The predicted octanol–water partition coefficient (Wildman–Crippen LogP) is 4.25. The highest BCUT2D eigenvalue weighted by Gasteiger charge is 2.28. The van der Waals surface area contributed by atoms with Crippen molar-refractivity contribution < 1.29 is 4.74 Å². The summed E-state index contributed by atoms with van der Waals surface area (Å²) in [5, 5.41) is 0. The predicted molar refractivity (Wildman–Crippen MR) is 94.4 cm³/mol. The Hall–Kier alpha value is -1.22. The third kappa shape index (κ3) is 4.16. The first-order chi connectivity index (χ1) is 10.5. The third-order valence-corrected chi connectivity index (χ3v) is 4.84. The zero-order chi connectivity index (χ0) is 16.1. The SMILES string of the molecule is CCCOc1ccc(CC(C)N2C(C)CCCC2C)cc1N. The number of nitrogens with zero attached hydrogens (tertiary/aromatic N) is 1. The molecule has 1 aromatic rings. The molecule has 1 aromatic carbocycles. The lowest BCUT2D eigenvalue weighted by Gasteiger charge is -2.43. The molecule has 1 saturated heterocycles. The molecule has 0 bridgehead atoms. The minimum Gasteiger partial charge on any atom is -0.491 e. The summed E-state index contributed by atoms with van der Waals surface area (Å²) in [4.78, 5) is 2.68. The molecule has 3 unspecified atom stereocenters. The number of nitrogens with two attached hydrogens (primary N) is 1. The molecule has 0 spiro atoms. The van der Waals surface area contributed by atoms with Gasteiger partial charge in [-0.15, -0.1) is 0 Å². The van der Waals surface area contributed by atoms with E-state index in [0.717, 1.165) is 30.9 Å². The molecular formula is C19H32N2O. The molecule has 124 valence electrons. The number of ether oxygens (including phenoxy) is 1. The van der Waals surface area contributed by atoms with Crippen molar-refractivity contribution in [3.8, 4) is 5.75 Å². The molecule has 3 heteroatoms. The molecule has 1 heterocycles. The maximum atomic E-state index is 6.13. The molecule has 1 aliphatic heterocycles. The second-order valence-corrected chi connectivity index (χ2v) is 6.85. The van der Waals surface area contributed by atoms with E-state index in [1.807, 2.05) is 6.07 Å². The molecular weight excluding hydrogens is 272 g/mol. The molecule has 0 aromatic heterocycles. The summed E-state index contributed by atoms with van der Waals surface area (Å²) in [6, 6.07) is 8.19. The first-order valence-corrected chi connectivity index (χ1v) is 8.81. The van der Waals surface area contributed by atoms with E-state index in [9.17, 15) is 0 Å². The van der Waals surface area contributed by atoms with Crippen LogP contribution in [-0.4, -0.2) is 29.6 Å². The second kappa shape index (κ2) is 7.87. The topological polar surface area (TPSA) is 38.5 Å². The van der Waals surface area contributed by atoms with Gasteiger partial charge in [-0.3, -0.25) is 4.90 Å². The molecule has 0 amide bonds. The lowest BCUT2D eigenvalue weighted by atomic mass is 9.93. The van der Waals surface area contributed by atoms with Gasteiger partial charge < -0.3 is 10.5 Å². The van der Waals surface area contributed by atoms with Gasteiger partial charge in [-0.1, -0.05) is 19.4 Å². The minimum absolute atomic E-state index is 0.548. The van der Waals surface area contributed by atoms with E-state index >= 15 is 0 Å². The van der Waals surface area contributed by atoms with Crippen molar-refractivity contribution in [2.24, 2.45) is 0 Å². The maximum Gasteiger partial charge on any atom is 0.142 e. The Morgan fingerprint density at radius 2 is 1.95 bits per heavy atom. The average Bonchev–Trinajstić information content (AvgIpc) is 2.46. The van der Waals surface area contributed by atoms with Crippen LogP contribution in [0.25, 0.3) is 0 Å². The van der Waals surface area contributed by atoms with Gasteiger partial charge in [0.05, 0.1) is 12.3 Å². The monoisotopic (exact) mass is 304 g/mol. The van der Waals surface area contributed by atoms with Crippen LogP contribution < -0.4 is 10.5 Å². The first kappa shape index (κ1) is 17.1. The van der Waals surface area contributed by atoms with Gasteiger partial charge in [0, 0.05) is 18.1 Å². The highest BCUT2D eigenvalue weighted by molar-refractivity contribution is 5.54. The summed E-state index contributed by atoms with van der Waals surface area (Å²) in [6.07, 6.45) is 6.05. The summed E-state index contributed by atoms with van der Waals surface area (Å²) in [6.45, 7) is 9.90. The van der Waals surface area contributed by atoms with E-state index in [1.54, 1.807) is 0 Å². The quantitative estimate of drug-likeness (QED) is 0.798. The van der Waals surface area contributed by atoms with Crippen molar-refractivity contribution in [1.29, 1.82) is 0 Å². The molecule has 3 nitrogen and oxygen atoms in total. The number of rotatable bonds is 6. The Morgan fingerprint density at radius 1 is 1.27 bits per heavy atom. The molecule has 2 N–H and O–H groups in total. The van der Waals surface area contributed by atoms with Crippen LogP contribution in [0.15, 0.2) is 18.2 Å². The lowest BCUT2D eigenvalue weighted by Crippen LogP contribution is -2.49. The van der Waals surface area contributed by atoms with Crippen molar-refractivity contribution >= 4 is 5.69 Å². The van der Waals surface area contributed by atoms with Gasteiger partial charge in [0.15, 0.2) is 0 Å². The number of hydrogen-bond donors (Lipinski definition) is 1.